The van der Waals surface area contributed by atoms with Crippen molar-refractivity contribution in [2.45, 2.75) is 293 Å². The summed E-state index contributed by atoms with van der Waals surface area (Å²) in [5, 5.41) is 87.5. The van der Waals surface area contributed by atoms with Crippen LogP contribution in [0.25, 0.3) is 0 Å². The molecule has 2 unspecified atom stereocenters. The van der Waals surface area contributed by atoms with E-state index in [0.717, 1.165) is 25.7 Å². The molecule has 0 aromatic carbocycles. The van der Waals surface area contributed by atoms with Crippen molar-refractivity contribution in [3.05, 3.63) is 0 Å². The van der Waals surface area contributed by atoms with Crippen molar-refractivity contribution in [2.75, 3.05) is 26.4 Å². The van der Waals surface area contributed by atoms with E-state index in [-0.39, 0.29) is 108 Å². The maximum Gasteiger partial charge on any atom is 0.0614 e. The smallest absolute Gasteiger partial charge is 0.0614 e. The number of aliphatic hydroxyl groups excluding tert-OH is 6. The fourth-order valence-corrected chi connectivity index (χ4v) is 1.73. The van der Waals surface area contributed by atoms with Gasteiger partial charge >= 0.3 is 0 Å². The van der Waals surface area contributed by atoms with Gasteiger partial charge in [-0.2, -0.15) is 0 Å². The second-order valence-corrected chi connectivity index (χ2v) is 21.0. The van der Waals surface area contributed by atoms with Crippen LogP contribution < -0.4 is 0 Å². The molecule has 10 heteroatoms. The molecule has 0 radical (unpaired) electrons. The summed E-state index contributed by atoms with van der Waals surface area (Å²) in [7, 11) is 0. The first-order valence-corrected chi connectivity index (χ1v) is 20.5. The van der Waals surface area contributed by atoms with E-state index in [1.165, 1.54) is 0 Å². The molecule has 0 amide bonds. The normalized spacial score (nSPS) is 11.5. The Kier molecular flexibility index (Phi) is 94.1. The highest BCUT2D eigenvalue weighted by atomic mass is 16.3. The van der Waals surface area contributed by atoms with E-state index in [4.69, 9.17) is 51.1 Å². The molecule has 0 saturated heterocycles. The van der Waals surface area contributed by atoms with Gasteiger partial charge in [0.05, 0.1) is 47.8 Å². The van der Waals surface area contributed by atoms with Crippen molar-refractivity contribution in [1.82, 2.24) is 0 Å². The standard InChI is InChI=1S/C9H20O2.2C6H14O.C5H12O2.3C5H12O.C4H10O.8CH4/c1-7(10)5-9(3,4)6-8(2)11;2*1-5(2)6(3,4)7;1-5(2,3-6)4-7;1-5(2,3)4-6;2*1-4-5(2,3)6;1-4(2)3-5;;;;;;;;/h7-8,10-11H,5-6H2,1-4H3;2*5,7H,1-4H3;6-7H,3-4H2,1-2H3;3*6H,4H2,1-3H3;4-5H,3H2,1-2H3;8*1H4. The monoisotopic (exact) mass is 935 g/mol. The molecule has 0 aliphatic rings. The van der Waals surface area contributed by atoms with Gasteiger partial charge in [-0.15, -0.1) is 0 Å². The van der Waals surface area contributed by atoms with Gasteiger partial charge in [0, 0.05) is 18.6 Å². The van der Waals surface area contributed by atoms with E-state index in [2.05, 4.69) is 13.8 Å². The van der Waals surface area contributed by atoms with E-state index in [0.29, 0.717) is 24.4 Å². The molecule has 410 valence electrons. The van der Waals surface area contributed by atoms with Crippen LogP contribution in [0.15, 0.2) is 0 Å². The topological polar surface area (TPSA) is 202 Å². The van der Waals surface area contributed by atoms with E-state index in [1.807, 2.05) is 104 Å². The van der Waals surface area contributed by atoms with E-state index in [9.17, 15) is 0 Å². The maximum absolute atomic E-state index is 9.12. The Hall–Kier alpha value is -0.400. The second-order valence-electron chi connectivity index (χ2n) is 21.0. The summed E-state index contributed by atoms with van der Waals surface area (Å²) >= 11 is 0. The van der Waals surface area contributed by atoms with Crippen LogP contribution in [0.3, 0.4) is 0 Å². The van der Waals surface area contributed by atoms with Crippen molar-refractivity contribution < 1.29 is 51.1 Å². The fraction of sp³-hybridized carbons (Fsp3) is 1.00. The molecule has 10 N–H and O–H groups in total. The average Bonchev–Trinajstić information content (AvgIpc) is 2.96. The third kappa shape index (κ3) is 147. The molecule has 0 aromatic rings. The van der Waals surface area contributed by atoms with Crippen LogP contribution in [0.5, 0.6) is 0 Å². The molecule has 0 spiro atoms. The van der Waals surface area contributed by atoms with Crippen molar-refractivity contribution >= 4 is 0 Å². The molecular weight excluding hydrogens is 797 g/mol. The number of hydrogen-bond donors (Lipinski definition) is 10. The molecule has 0 aliphatic heterocycles. The molecule has 2 atom stereocenters. The Bertz CT molecular complexity index is 684. The van der Waals surface area contributed by atoms with Gasteiger partial charge in [0.15, 0.2) is 0 Å². The number of hydrogen-bond acceptors (Lipinski definition) is 10. The molecular formula is C53H138O10. The van der Waals surface area contributed by atoms with Crippen LogP contribution in [0, 0.1) is 34.0 Å². The number of rotatable bonds is 11. The predicted octanol–water partition coefficient (Wildman–Crippen LogP) is 13.5. The van der Waals surface area contributed by atoms with Gasteiger partial charge in [-0.3, -0.25) is 0 Å². The highest BCUT2D eigenvalue weighted by molar-refractivity contribution is 4.73. The predicted molar refractivity (Wildman–Crippen MR) is 292 cm³/mol. The van der Waals surface area contributed by atoms with E-state index >= 15 is 0 Å². The zero-order valence-electron chi connectivity index (χ0n) is 41.5. The van der Waals surface area contributed by atoms with Gasteiger partial charge in [-0.25, -0.2) is 0 Å². The minimum Gasteiger partial charge on any atom is -0.396 e. The Morgan fingerprint density at radius 2 is 0.508 bits per heavy atom. The van der Waals surface area contributed by atoms with E-state index in [1.54, 1.807) is 55.4 Å². The lowest BCUT2D eigenvalue weighted by Crippen LogP contribution is -2.25. The van der Waals surface area contributed by atoms with Gasteiger partial charge in [-0.1, -0.05) is 163 Å². The van der Waals surface area contributed by atoms with Crippen LogP contribution in [-0.2, 0) is 0 Å². The molecule has 0 saturated carbocycles. The van der Waals surface area contributed by atoms with Gasteiger partial charge in [-0.05, 0) is 124 Å². The zero-order valence-corrected chi connectivity index (χ0v) is 41.5. The molecule has 0 fully saturated rings. The van der Waals surface area contributed by atoms with Gasteiger partial charge in [0.2, 0.25) is 0 Å². The molecule has 0 aromatic heterocycles. The van der Waals surface area contributed by atoms with Crippen LogP contribution in [0.4, 0.5) is 0 Å². The average molecular weight is 936 g/mol. The Morgan fingerprint density at radius 1 is 0.365 bits per heavy atom. The first-order valence-electron chi connectivity index (χ1n) is 20.5. The van der Waals surface area contributed by atoms with Gasteiger partial charge in [0.25, 0.3) is 0 Å². The van der Waals surface area contributed by atoms with Crippen molar-refractivity contribution in [3.63, 3.8) is 0 Å². The minimum atomic E-state index is -0.500. The second kappa shape index (κ2) is 54.2. The number of aliphatic hydroxyl groups is 10. The van der Waals surface area contributed by atoms with E-state index < -0.39 is 22.4 Å². The summed E-state index contributed by atoms with van der Waals surface area (Å²) < 4.78 is 0. The summed E-state index contributed by atoms with van der Waals surface area (Å²) in [6, 6.07) is 0. The zero-order chi connectivity index (χ0) is 47.0. The summed E-state index contributed by atoms with van der Waals surface area (Å²) in [6.45, 7) is 48.3. The minimum absolute atomic E-state index is 0. The summed E-state index contributed by atoms with van der Waals surface area (Å²) in [6.07, 6.45) is 2.60. The maximum atomic E-state index is 9.12. The Morgan fingerprint density at radius 3 is 0.540 bits per heavy atom. The molecule has 0 bridgehead atoms. The van der Waals surface area contributed by atoms with Crippen molar-refractivity contribution in [1.29, 1.82) is 0 Å². The lowest BCUT2D eigenvalue weighted by atomic mass is 9.82. The lowest BCUT2D eigenvalue weighted by Gasteiger charge is -2.27. The van der Waals surface area contributed by atoms with Crippen LogP contribution in [-0.4, -0.2) is 112 Å². The van der Waals surface area contributed by atoms with Crippen LogP contribution in [0.1, 0.15) is 258 Å². The summed E-state index contributed by atoms with van der Waals surface area (Å²) in [4.78, 5) is 0. The SMILES string of the molecule is C.C.C.C.C.C.C.C.CC(C)(C)CO.CC(C)(CO)CO.CC(C)C(C)(C)O.CC(C)C(C)(C)O.CC(C)CO.CC(O)CC(C)(C)CC(C)O.CCC(C)(C)O.CCC(C)(C)O. The summed E-state index contributed by atoms with van der Waals surface area (Å²) in [5.41, 5.74) is -2.08. The Balaban J connectivity index is -0.0000000284. The molecule has 10 nitrogen and oxygen atoms in total. The third-order valence-electron chi connectivity index (χ3n) is 7.95. The van der Waals surface area contributed by atoms with Crippen molar-refractivity contribution in [2.24, 2.45) is 34.0 Å². The third-order valence-corrected chi connectivity index (χ3v) is 7.95. The largest absolute Gasteiger partial charge is 0.396 e. The Labute approximate surface area is 403 Å². The van der Waals surface area contributed by atoms with Gasteiger partial charge < -0.3 is 51.1 Å². The quantitative estimate of drug-likeness (QED) is 0.0950. The first kappa shape index (κ1) is 109. The molecule has 0 rings (SSSR count). The summed E-state index contributed by atoms with van der Waals surface area (Å²) in [5.74, 6) is 1.15. The fourth-order valence-electron chi connectivity index (χ4n) is 1.73. The van der Waals surface area contributed by atoms with Crippen molar-refractivity contribution in [3.8, 4) is 0 Å². The molecule has 0 heterocycles. The lowest BCUT2D eigenvalue weighted by molar-refractivity contribution is 0.0323. The molecule has 0 aliphatic carbocycles. The van der Waals surface area contributed by atoms with Gasteiger partial charge in [0.1, 0.15) is 0 Å². The van der Waals surface area contributed by atoms with Crippen LogP contribution >= 0.6 is 0 Å². The highest BCUT2D eigenvalue weighted by Gasteiger charge is 2.22. The molecule has 63 heavy (non-hydrogen) atoms. The van der Waals surface area contributed by atoms with Crippen LogP contribution in [0.2, 0.25) is 0 Å². The first-order chi connectivity index (χ1) is 23.8. The highest BCUT2D eigenvalue weighted by Crippen LogP contribution is 2.28.